The van der Waals surface area contributed by atoms with Gasteiger partial charge in [-0.15, -0.1) is 11.3 Å². The first kappa shape index (κ1) is 19.9. The molecule has 138 valence electrons. The fraction of sp³-hybridized carbons (Fsp3) is 0.294. The molecule has 7 nitrogen and oxygen atoms in total. The number of hydrogen-bond acceptors (Lipinski definition) is 5. The first-order chi connectivity index (χ1) is 12.3. The molecule has 2 aromatic rings. The Labute approximate surface area is 159 Å². The van der Waals surface area contributed by atoms with Crippen LogP contribution in [0, 0.1) is 5.92 Å². The van der Waals surface area contributed by atoms with Gasteiger partial charge in [-0.25, -0.2) is 9.78 Å². The highest BCUT2D eigenvalue weighted by atomic mass is 35.5. The standard InChI is InChI=1S/C17H18ClN3O4S/c1-9(2)15(23)21-17-19-12(8-26-17)7-13(22)20-14(16(24)25)10-3-5-11(18)6-4-10/h3-6,8-9,14H,7H2,1-2H3,(H,20,22)(H,24,25)(H,19,21,23). The van der Waals surface area contributed by atoms with Gasteiger partial charge < -0.3 is 15.7 Å². The molecule has 9 heteroatoms. The van der Waals surface area contributed by atoms with Crippen molar-refractivity contribution in [1.29, 1.82) is 0 Å². The maximum atomic E-state index is 12.2. The zero-order valence-corrected chi connectivity index (χ0v) is 15.7. The minimum atomic E-state index is -1.18. The van der Waals surface area contributed by atoms with Gasteiger partial charge in [-0.2, -0.15) is 0 Å². The number of amides is 2. The molecule has 0 fully saturated rings. The topological polar surface area (TPSA) is 108 Å². The number of carbonyl (C=O) groups is 3. The third-order valence-electron chi connectivity index (χ3n) is 3.40. The lowest BCUT2D eigenvalue weighted by molar-refractivity contribution is -0.142. The Morgan fingerprint density at radius 1 is 1.23 bits per heavy atom. The highest BCUT2D eigenvalue weighted by Gasteiger charge is 2.22. The Morgan fingerprint density at radius 3 is 2.46 bits per heavy atom. The van der Waals surface area contributed by atoms with Crippen LogP contribution in [-0.2, 0) is 20.8 Å². The Hall–Kier alpha value is -2.45. The number of carboxylic acids is 1. The molecule has 2 rings (SSSR count). The van der Waals surface area contributed by atoms with E-state index in [1.807, 2.05) is 0 Å². The van der Waals surface area contributed by atoms with E-state index in [9.17, 15) is 19.5 Å². The summed E-state index contributed by atoms with van der Waals surface area (Å²) in [6, 6.07) is 5.03. The van der Waals surface area contributed by atoms with E-state index in [2.05, 4.69) is 15.6 Å². The summed E-state index contributed by atoms with van der Waals surface area (Å²) >= 11 is 7.00. The minimum Gasteiger partial charge on any atom is -0.479 e. The zero-order chi connectivity index (χ0) is 19.3. The van der Waals surface area contributed by atoms with Crippen LogP contribution in [0.1, 0.15) is 31.1 Å². The predicted octanol–water partition coefficient (Wildman–Crippen LogP) is 2.88. The molecule has 0 radical (unpaired) electrons. The molecule has 0 aliphatic carbocycles. The molecule has 1 aromatic heterocycles. The number of halogens is 1. The molecule has 0 saturated carbocycles. The lowest BCUT2D eigenvalue weighted by Gasteiger charge is -2.14. The van der Waals surface area contributed by atoms with E-state index >= 15 is 0 Å². The van der Waals surface area contributed by atoms with Crippen LogP contribution < -0.4 is 10.6 Å². The van der Waals surface area contributed by atoms with Crippen LogP contribution in [0.5, 0.6) is 0 Å². The summed E-state index contributed by atoms with van der Waals surface area (Å²) in [5, 5.41) is 17.0. The van der Waals surface area contributed by atoms with E-state index in [1.165, 1.54) is 11.3 Å². The number of carbonyl (C=O) groups excluding carboxylic acids is 2. The number of carboxylic acid groups (broad SMARTS) is 1. The first-order valence-corrected chi connectivity index (χ1v) is 9.05. The van der Waals surface area contributed by atoms with Crippen LogP contribution in [0.25, 0.3) is 0 Å². The van der Waals surface area contributed by atoms with Crippen LogP contribution in [0.2, 0.25) is 5.02 Å². The van der Waals surface area contributed by atoms with Gasteiger partial charge in [-0.1, -0.05) is 37.6 Å². The van der Waals surface area contributed by atoms with Crippen molar-refractivity contribution in [3.63, 3.8) is 0 Å². The normalized spacial score (nSPS) is 11.8. The van der Waals surface area contributed by atoms with E-state index in [1.54, 1.807) is 43.5 Å². The number of anilines is 1. The Balaban J connectivity index is 2.00. The molecule has 0 aliphatic rings. The van der Waals surface area contributed by atoms with Crippen molar-refractivity contribution >= 4 is 45.9 Å². The molecule has 1 heterocycles. The minimum absolute atomic E-state index is 0.0918. The Kier molecular flexibility index (Phi) is 6.70. The molecule has 26 heavy (non-hydrogen) atoms. The number of aliphatic carboxylic acids is 1. The maximum Gasteiger partial charge on any atom is 0.330 e. The van der Waals surface area contributed by atoms with Crippen molar-refractivity contribution in [3.05, 3.63) is 45.9 Å². The number of benzene rings is 1. The molecule has 0 spiro atoms. The van der Waals surface area contributed by atoms with E-state index in [-0.39, 0.29) is 18.2 Å². The Bertz CT molecular complexity index is 805. The summed E-state index contributed by atoms with van der Waals surface area (Å²) in [5.41, 5.74) is 0.866. The van der Waals surface area contributed by atoms with Crippen molar-refractivity contribution in [3.8, 4) is 0 Å². The number of thiazole rings is 1. The van der Waals surface area contributed by atoms with E-state index < -0.39 is 17.9 Å². The van der Waals surface area contributed by atoms with E-state index in [0.717, 1.165) is 0 Å². The van der Waals surface area contributed by atoms with Gasteiger partial charge in [0.15, 0.2) is 11.2 Å². The van der Waals surface area contributed by atoms with Gasteiger partial charge in [0.05, 0.1) is 12.1 Å². The van der Waals surface area contributed by atoms with Crippen LogP contribution in [-0.4, -0.2) is 27.9 Å². The largest absolute Gasteiger partial charge is 0.479 e. The van der Waals surface area contributed by atoms with Crippen LogP contribution in [0.3, 0.4) is 0 Å². The fourth-order valence-corrected chi connectivity index (χ4v) is 2.85. The average Bonchev–Trinajstić information content (AvgIpc) is 3.00. The number of nitrogens with zero attached hydrogens (tertiary/aromatic N) is 1. The van der Waals surface area contributed by atoms with Crippen LogP contribution in [0.15, 0.2) is 29.6 Å². The summed E-state index contributed by atoms with van der Waals surface area (Å²) in [6.45, 7) is 3.53. The fourth-order valence-electron chi connectivity index (χ4n) is 2.01. The van der Waals surface area contributed by atoms with Gasteiger partial charge in [0.2, 0.25) is 11.8 Å². The molecule has 1 aromatic carbocycles. The van der Waals surface area contributed by atoms with Gasteiger partial charge in [0, 0.05) is 16.3 Å². The molecule has 3 N–H and O–H groups in total. The lowest BCUT2D eigenvalue weighted by Crippen LogP contribution is -2.34. The summed E-state index contributed by atoms with van der Waals surface area (Å²) in [4.78, 5) is 39.5. The summed E-state index contributed by atoms with van der Waals surface area (Å²) in [6.07, 6.45) is -0.0918. The smallest absolute Gasteiger partial charge is 0.330 e. The molecule has 2 amide bonds. The zero-order valence-electron chi connectivity index (χ0n) is 14.2. The molecule has 1 unspecified atom stereocenters. The number of aromatic nitrogens is 1. The summed E-state index contributed by atoms with van der Waals surface area (Å²) < 4.78 is 0. The summed E-state index contributed by atoms with van der Waals surface area (Å²) in [5.74, 6) is -2.01. The van der Waals surface area contributed by atoms with Crippen molar-refractivity contribution in [2.45, 2.75) is 26.3 Å². The number of rotatable bonds is 7. The Morgan fingerprint density at radius 2 is 1.88 bits per heavy atom. The number of nitrogens with one attached hydrogen (secondary N) is 2. The number of hydrogen-bond donors (Lipinski definition) is 3. The third kappa shape index (κ3) is 5.53. The van der Waals surface area contributed by atoms with Gasteiger partial charge in [0.1, 0.15) is 0 Å². The second kappa shape index (κ2) is 8.77. The van der Waals surface area contributed by atoms with Gasteiger partial charge >= 0.3 is 5.97 Å². The molecule has 0 bridgehead atoms. The van der Waals surface area contributed by atoms with Gasteiger partial charge in [-0.05, 0) is 17.7 Å². The molecular formula is C17H18ClN3O4S. The van der Waals surface area contributed by atoms with Crippen molar-refractivity contribution in [2.75, 3.05) is 5.32 Å². The maximum absolute atomic E-state index is 12.2. The monoisotopic (exact) mass is 395 g/mol. The molecule has 0 saturated heterocycles. The highest BCUT2D eigenvalue weighted by Crippen LogP contribution is 2.19. The summed E-state index contributed by atoms with van der Waals surface area (Å²) in [7, 11) is 0. The highest BCUT2D eigenvalue weighted by molar-refractivity contribution is 7.13. The molecule has 0 aliphatic heterocycles. The quantitative estimate of drug-likeness (QED) is 0.668. The molecular weight excluding hydrogens is 378 g/mol. The van der Waals surface area contributed by atoms with Crippen molar-refractivity contribution in [2.24, 2.45) is 5.92 Å². The van der Waals surface area contributed by atoms with E-state index in [4.69, 9.17) is 11.6 Å². The van der Waals surface area contributed by atoms with Gasteiger partial charge in [-0.3, -0.25) is 9.59 Å². The second-order valence-electron chi connectivity index (χ2n) is 5.86. The predicted molar refractivity (Wildman–Crippen MR) is 99.3 cm³/mol. The lowest BCUT2D eigenvalue weighted by atomic mass is 10.1. The van der Waals surface area contributed by atoms with Crippen LogP contribution in [0.4, 0.5) is 5.13 Å². The third-order valence-corrected chi connectivity index (χ3v) is 4.46. The first-order valence-electron chi connectivity index (χ1n) is 7.79. The van der Waals surface area contributed by atoms with Gasteiger partial charge in [0.25, 0.3) is 0 Å². The van der Waals surface area contributed by atoms with E-state index in [0.29, 0.717) is 21.4 Å². The van der Waals surface area contributed by atoms with Crippen LogP contribution >= 0.6 is 22.9 Å². The molecule has 1 atom stereocenters. The average molecular weight is 396 g/mol. The van der Waals surface area contributed by atoms with Crippen molar-refractivity contribution < 1.29 is 19.5 Å². The van der Waals surface area contributed by atoms with Crippen molar-refractivity contribution in [1.82, 2.24) is 10.3 Å². The second-order valence-corrected chi connectivity index (χ2v) is 7.15. The SMILES string of the molecule is CC(C)C(=O)Nc1nc(CC(=O)NC(C(=O)O)c2ccc(Cl)cc2)cs1.